The number of aromatic amines is 1. The van der Waals surface area contributed by atoms with E-state index in [1.165, 1.54) is 29.2 Å². The van der Waals surface area contributed by atoms with Crippen molar-refractivity contribution in [2.24, 2.45) is 0 Å². The summed E-state index contributed by atoms with van der Waals surface area (Å²) in [6, 6.07) is 3.21. The molecule has 0 saturated carbocycles. The highest BCUT2D eigenvalue weighted by Crippen LogP contribution is 2.27. The third-order valence-corrected chi connectivity index (χ3v) is 3.64. The van der Waals surface area contributed by atoms with E-state index >= 15 is 0 Å². The van der Waals surface area contributed by atoms with E-state index in [2.05, 4.69) is 9.97 Å². The Hall–Kier alpha value is -1.40. The third kappa shape index (κ3) is 2.59. The average Bonchev–Trinajstić information content (AvgIpc) is 2.64. The Morgan fingerprint density at radius 2 is 2.31 bits per heavy atom. The summed E-state index contributed by atoms with van der Waals surface area (Å²) >= 11 is 2.71. The first-order valence-corrected chi connectivity index (χ1v) is 6.16. The molecule has 0 aromatic carbocycles. The molecule has 2 aromatic heterocycles. The fourth-order valence-electron chi connectivity index (χ4n) is 1.16. The van der Waals surface area contributed by atoms with Crippen LogP contribution in [0.1, 0.15) is 15.4 Å². The van der Waals surface area contributed by atoms with Crippen LogP contribution < -0.4 is 5.56 Å². The zero-order valence-corrected chi connectivity index (χ0v) is 10.0. The first-order valence-electron chi connectivity index (χ1n) is 4.47. The number of aryl methyl sites for hydroxylation is 1. The van der Waals surface area contributed by atoms with Crippen molar-refractivity contribution >= 4 is 29.4 Å². The van der Waals surface area contributed by atoms with Crippen LogP contribution in [0.3, 0.4) is 0 Å². The summed E-state index contributed by atoms with van der Waals surface area (Å²) in [7, 11) is 0. The van der Waals surface area contributed by atoms with E-state index in [0.717, 1.165) is 11.2 Å². The van der Waals surface area contributed by atoms with Crippen LogP contribution in [0.25, 0.3) is 0 Å². The molecule has 0 aliphatic carbocycles. The summed E-state index contributed by atoms with van der Waals surface area (Å²) in [5.41, 5.74) is 0.512. The zero-order chi connectivity index (χ0) is 11.5. The van der Waals surface area contributed by atoms with Crippen LogP contribution in [0.5, 0.6) is 0 Å². The minimum absolute atomic E-state index is 0.166. The normalized spacial score (nSPS) is 10.3. The number of nitrogens with zero attached hydrogens (tertiary/aromatic N) is 1. The van der Waals surface area contributed by atoms with Gasteiger partial charge in [-0.2, -0.15) is 0 Å². The molecule has 0 bridgehead atoms. The molecular formula is C10H8N2O2S2. The monoisotopic (exact) mass is 252 g/mol. The van der Waals surface area contributed by atoms with E-state index < -0.39 is 0 Å². The number of H-pyrrole nitrogens is 1. The lowest BCUT2D eigenvalue weighted by atomic mass is 10.5. The molecule has 6 heteroatoms. The summed E-state index contributed by atoms with van der Waals surface area (Å²) in [5.74, 6) is 0. The maximum atomic E-state index is 11.2. The molecule has 0 fully saturated rings. The molecule has 0 radical (unpaired) electrons. The van der Waals surface area contributed by atoms with Gasteiger partial charge in [0.2, 0.25) is 0 Å². The number of carbonyl (C=O) groups excluding carboxylic acids is 1. The van der Waals surface area contributed by atoms with Crippen LogP contribution in [0.4, 0.5) is 0 Å². The molecule has 0 aliphatic heterocycles. The van der Waals surface area contributed by atoms with E-state index in [4.69, 9.17) is 0 Å². The Labute approximate surface area is 99.7 Å². The molecular weight excluding hydrogens is 244 g/mol. The number of rotatable bonds is 3. The van der Waals surface area contributed by atoms with E-state index in [9.17, 15) is 9.59 Å². The van der Waals surface area contributed by atoms with Crippen LogP contribution in [0, 0.1) is 6.92 Å². The van der Waals surface area contributed by atoms with E-state index in [1.54, 1.807) is 13.0 Å². The first-order chi connectivity index (χ1) is 7.67. The van der Waals surface area contributed by atoms with Crippen molar-refractivity contribution in [2.45, 2.75) is 17.0 Å². The van der Waals surface area contributed by atoms with E-state index in [1.807, 2.05) is 5.38 Å². The standard InChI is InChI=1S/C10H8N2O2S2/c1-6-2-9(14)12-10(11-6)16-8-3-7(4-13)15-5-8/h2-5H,1H3,(H,11,12,14). The molecule has 0 atom stereocenters. The molecule has 0 saturated heterocycles. The Morgan fingerprint density at radius 1 is 1.50 bits per heavy atom. The van der Waals surface area contributed by atoms with Gasteiger partial charge in [0.1, 0.15) is 0 Å². The minimum atomic E-state index is -0.166. The summed E-state index contributed by atoms with van der Waals surface area (Å²) in [5, 5.41) is 2.40. The van der Waals surface area contributed by atoms with Gasteiger partial charge in [0.25, 0.3) is 5.56 Å². The summed E-state index contributed by atoms with van der Waals surface area (Å²) in [4.78, 5) is 30.1. The number of nitrogens with one attached hydrogen (secondary N) is 1. The average molecular weight is 252 g/mol. The van der Waals surface area contributed by atoms with Gasteiger partial charge in [0.05, 0.1) is 4.88 Å². The molecule has 16 heavy (non-hydrogen) atoms. The van der Waals surface area contributed by atoms with Crippen molar-refractivity contribution in [3.05, 3.63) is 38.4 Å². The Balaban J connectivity index is 2.26. The molecule has 1 N–H and O–H groups in total. The largest absolute Gasteiger partial charge is 0.301 e. The van der Waals surface area contributed by atoms with Gasteiger partial charge in [-0.05, 0) is 13.0 Å². The Morgan fingerprint density at radius 3 is 2.94 bits per heavy atom. The number of hydrogen-bond donors (Lipinski definition) is 1. The zero-order valence-electron chi connectivity index (χ0n) is 8.39. The summed E-state index contributed by atoms with van der Waals surface area (Å²) < 4.78 is 0. The predicted molar refractivity (Wildman–Crippen MR) is 63.4 cm³/mol. The quantitative estimate of drug-likeness (QED) is 0.671. The fourth-order valence-corrected chi connectivity index (χ4v) is 2.89. The van der Waals surface area contributed by atoms with E-state index in [0.29, 0.717) is 15.7 Å². The predicted octanol–water partition coefficient (Wildman–Crippen LogP) is 2.10. The number of hydrogen-bond acceptors (Lipinski definition) is 5. The van der Waals surface area contributed by atoms with Crippen molar-refractivity contribution in [1.82, 2.24) is 9.97 Å². The second-order valence-corrected chi connectivity index (χ2v) is 5.10. The molecule has 2 aromatic rings. The van der Waals surface area contributed by atoms with Crippen molar-refractivity contribution in [3.63, 3.8) is 0 Å². The van der Waals surface area contributed by atoms with Crippen molar-refractivity contribution < 1.29 is 4.79 Å². The third-order valence-electron chi connectivity index (χ3n) is 1.77. The van der Waals surface area contributed by atoms with Crippen molar-refractivity contribution in [2.75, 3.05) is 0 Å². The Bertz CT molecular complexity index is 574. The van der Waals surface area contributed by atoms with Crippen molar-refractivity contribution in [1.29, 1.82) is 0 Å². The highest BCUT2D eigenvalue weighted by molar-refractivity contribution is 7.99. The Kier molecular flexibility index (Phi) is 3.21. The summed E-state index contributed by atoms with van der Waals surface area (Å²) in [6.45, 7) is 1.77. The van der Waals surface area contributed by atoms with Crippen LogP contribution in [-0.4, -0.2) is 16.3 Å². The van der Waals surface area contributed by atoms with Gasteiger partial charge in [-0.15, -0.1) is 11.3 Å². The molecule has 0 amide bonds. The summed E-state index contributed by atoms with van der Waals surface area (Å²) in [6.07, 6.45) is 0.807. The van der Waals surface area contributed by atoms with Crippen molar-refractivity contribution in [3.8, 4) is 0 Å². The number of thiophene rings is 1. The van der Waals surface area contributed by atoms with Crippen LogP contribution in [-0.2, 0) is 0 Å². The SMILES string of the molecule is Cc1cc(=O)[nH]c(Sc2csc(C=O)c2)n1. The molecule has 4 nitrogen and oxygen atoms in total. The lowest BCUT2D eigenvalue weighted by Crippen LogP contribution is -2.07. The maximum absolute atomic E-state index is 11.2. The number of aldehydes is 1. The molecule has 82 valence electrons. The van der Waals surface area contributed by atoms with Gasteiger partial charge in [-0.25, -0.2) is 4.98 Å². The molecule has 2 rings (SSSR count). The smallest absolute Gasteiger partial charge is 0.251 e. The molecule has 0 aliphatic rings. The molecule has 2 heterocycles. The topological polar surface area (TPSA) is 62.8 Å². The fraction of sp³-hybridized carbons (Fsp3) is 0.100. The molecule has 0 spiro atoms. The first kappa shape index (κ1) is 11.1. The van der Waals surface area contributed by atoms with Gasteiger partial charge < -0.3 is 4.98 Å². The van der Waals surface area contributed by atoms with Gasteiger partial charge in [0.15, 0.2) is 11.4 Å². The van der Waals surface area contributed by atoms with Crippen LogP contribution in [0.15, 0.2) is 32.4 Å². The lowest BCUT2D eigenvalue weighted by molar-refractivity contribution is 0.112. The highest BCUT2D eigenvalue weighted by atomic mass is 32.2. The van der Waals surface area contributed by atoms with Crippen LogP contribution >= 0.6 is 23.1 Å². The van der Waals surface area contributed by atoms with Crippen LogP contribution in [0.2, 0.25) is 0 Å². The highest BCUT2D eigenvalue weighted by Gasteiger charge is 2.04. The maximum Gasteiger partial charge on any atom is 0.251 e. The van der Waals surface area contributed by atoms with E-state index in [-0.39, 0.29) is 5.56 Å². The number of aromatic nitrogens is 2. The second-order valence-electron chi connectivity index (χ2n) is 3.10. The van der Waals surface area contributed by atoms with Gasteiger partial charge >= 0.3 is 0 Å². The van der Waals surface area contributed by atoms with Gasteiger partial charge in [0, 0.05) is 22.0 Å². The lowest BCUT2D eigenvalue weighted by Gasteiger charge is -1.98. The minimum Gasteiger partial charge on any atom is -0.301 e. The van der Waals surface area contributed by atoms with Gasteiger partial charge in [-0.3, -0.25) is 9.59 Å². The second kappa shape index (κ2) is 4.63. The molecule has 0 unspecified atom stereocenters. The number of carbonyl (C=O) groups is 1. The van der Waals surface area contributed by atoms with Gasteiger partial charge in [-0.1, -0.05) is 11.8 Å².